The van der Waals surface area contributed by atoms with Gasteiger partial charge in [-0.2, -0.15) is 13.2 Å². The fraction of sp³-hybridized carbons (Fsp3) is 0.500. The fourth-order valence-corrected chi connectivity index (χ4v) is 2.29. The van der Waals surface area contributed by atoms with Gasteiger partial charge in [-0.25, -0.2) is 4.39 Å². The SMILES string of the molecule is O=C(c1ccccc1F)N1CCN(C[C@@H](O)C(F)(F)F)CC1. The molecule has 1 aromatic rings. The molecule has 0 saturated carbocycles. The summed E-state index contributed by atoms with van der Waals surface area (Å²) in [6.45, 7) is 0.265. The quantitative estimate of drug-likeness (QED) is 0.859. The normalized spacial score (nSPS) is 18.3. The summed E-state index contributed by atoms with van der Waals surface area (Å²) in [5, 5.41) is 9.03. The first kappa shape index (κ1) is 16.7. The highest BCUT2D eigenvalue weighted by Gasteiger charge is 2.39. The van der Waals surface area contributed by atoms with Crippen LogP contribution in [0.4, 0.5) is 17.6 Å². The number of carbonyl (C=O) groups excluding carboxylic acids is 1. The lowest BCUT2D eigenvalue weighted by Crippen LogP contribution is -2.52. The number of rotatable bonds is 3. The van der Waals surface area contributed by atoms with Crippen LogP contribution in [0.5, 0.6) is 0 Å². The molecule has 122 valence electrons. The number of piperazine rings is 1. The Kier molecular flexibility index (Phi) is 5.02. The molecule has 0 aromatic heterocycles. The Balaban J connectivity index is 1.90. The van der Waals surface area contributed by atoms with Gasteiger partial charge in [-0.3, -0.25) is 9.69 Å². The van der Waals surface area contributed by atoms with Crippen LogP contribution in [0.1, 0.15) is 10.4 Å². The van der Waals surface area contributed by atoms with E-state index in [1.54, 1.807) is 6.07 Å². The molecule has 1 aliphatic rings. The molecule has 1 aliphatic heterocycles. The summed E-state index contributed by atoms with van der Waals surface area (Å²) >= 11 is 0. The van der Waals surface area contributed by atoms with Crippen molar-refractivity contribution in [2.24, 2.45) is 0 Å². The second-order valence-corrected chi connectivity index (χ2v) is 5.13. The second-order valence-electron chi connectivity index (χ2n) is 5.13. The highest BCUT2D eigenvalue weighted by Crippen LogP contribution is 2.21. The van der Waals surface area contributed by atoms with Crippen LogP contribution in [-0.2, 0) is 0 Å². The van der Waals surface area contributed by atoms with Crippen LogP contribution in [0.15, 0.2) is 24.3 Å². The fourth-order valence-electron chi connectivity index (χ4n) is 2.29. The monoisotopic (exact) mass is 320 g/mol. The van der Waals surface area contributed by atoms with Crippen molar-refractivity contribution < 1.29 is 27.5 Å². The van der Waals surface area contributed by atoms with Crippen molar-refractivity contribution in [2.45, 2.75) is 12.3 Å². The number of nitrogens with zero attached hydrogens (tertiary/aromatic N) is 2. The second kappa shape index (κ2) is 6.62. The topological polar surface area (TPSA) is 43.8 Å². The van der Waals surface area contributed by atoms with Gasteiger partial charge in [0.15, 0.2) is 6.10 Å². The molecule has 0 radical (unpaired) electrons. The maximum absolute atomic E-state index is 13.6. The molecule has 1 N–H and O–H groups in total. The van der Waals surface area contributed by atoms with Gasteiger partial charge in [-0.15, -0.1) is 0 Å². The molecule has 1 fully saturated rings. The smallest absolute Gasteiger partial charge is 0.382 e. The van der Waals surface area contributed by atoms with Crippen molar-refractivity contribution in [1.82, 2.24) is 9.80 Å². The Labute approximate surface area is 124 Å². The molecule has 2 rings (SSSR count). The van der Waals surface area contributed by atoms with Crippen LogP contribution in [0, 0.1) is 5.82 Å². The summed E-state index contributed by atoms with van der Waals surface area (Å²) in [6.07, 6.45) is -7.05. The molecule has 0 spiro atoms. The first-order chi connectivity index (χ1) is 10.3. The Morgan fingerprint density at radius 2 is 1.77 bits per heavy atom. The summed E-state index contributed by atoms with van der Waals surface area (Å²) in [6, 6.07) is 5.58. The molecule has 0 aliphatic carbocycles. The van der Waals surface area contributed by atoms with Crippen molar-refractivity contribution in [3.63, 3.8) is 0 Å². The van der Waals surface area contributed by atoms with E-state index in [0.717, 1.165) is 0 Å². The van der Waals surface area contributed by atoms with E-state index in [0.29, 0.717) is 0 Å². The van der Waals surface area contributed by atoms with Gasteiger partial charge >= 0.3 is 6.18 Å². The first-order valence-corrected chi connectivity index (χ1v) is 6.80. The van der Waals surface area contributed by atoms with Gasteiger partial charge in [0.1, 0.15) is 5.82 Å². The highest BCUT2D eigenvalue weighted by molar-refractivity contribution is 5.94. The Bertz CT molecular complexity index is 528. The highest BCUT2D eigenvalue weighted by atomic mass is 19.4. The number of carbonyl (C=O) groups is 1. The molecule has 8 heteroatoms. The van der Waals surface area contributed by atoms with E-state index in [4.69, 9.17) is 5.11 Å². The van der Waals surface area contributed by atoms with Crippen LogP contribution in [0.2, 0.25) is 0 Å². The largest absolute Gasteiger partial charge is 0.415 e. The van der Waals surface area contributed by atoms with Gasteiger partial charge in [0.05, 0.1) is 5.56 Å². The van der Waals surface area contributed by atoms with Gasteiger partial charge in [0, 0.05) is 32.7 Å². The number of hydrogen-bond donors (Lipinski definition) is 1. The van der Waals surface area contributed by atoms with Crippen molar-refractivity contribution in [3.05, 3.63) is 35.6 Å². The zero-order valence-electron chi connectivity index (χ0n) is 11.7. The van der Waals surface area contributed by atoms with Crippen LogP contribution >= 0.6 is 0 Å². The van der Waals surface area contributed by atoms with E-state index in [1.165, 1.54) is 28.0 Å². The van der Waals surface area contributed by atoms with E-state index >= 15 is 0 Å². The number of hydrogen-bond acceptors (Lipinski definition) is 3. The maximum Gasteiger partial charge on any atom is 0.415 e. The summed E-state index contributed by atoms with van der Waals surface area (Å²) in [4.78, 5) is 15.0. The number of aliphatic hydroxyl groups is 1. The van der Waals surface area contributed by atoms with E-state index in [2.05, 4.69) is 0 Å². The summed E-state index contributed by atoms with van der Waals surface area (Å²) in [5.74, 6) is -1.10. The zero-order valence-corrected chi connectivity index (χ0v) is 11.7. The third kappa shape index (κ3) is 3.95. The molecule has 0 unspecified atom stereocenters. The minimum atomic E-state index is -4.65. The predicted octanol–water partition coefficient (Wildman–Crippen LogP) is 1.51. The van der Waals surface area contributed by atoms with Gasteiger partial charge in [-0.05, 0) is 12.1 Å². The van der Waals surface area contributed by atoms with Gasteiger partial charge in [-0.1, -0.05) is 12.1 Å². The van der Waals surface area contributed by atoms with E-state index in [9.17, 15) is 22.4 Å². The van der Waals surface area contributed by atoms with Crippen molar-refractivity contribution in [3.8, 4) is 0 Å². The van der Waals surface area contributed by atoms with Crippen LogP contribution in [-0.4, -0.2) is 65.8 Å². The summed E-state index contributed by atoms with van der Waals surface area (Å²) in [7, 11) is 0. The standard InChI is InChI=1S/C14H16F4N2O2/c15-11-4-2-1-3-10(11)13(22)20-7-5-19(6-8-20)9-12(21)14(16,17)18/h1-4,12,21H,5-9H2/t12-/m1/s1. The average Bonchev–Trinajstić information content (AvgIpc) is 2.47. The average molecular weight is 320 g/mol. The molecule has 1 saturated heterocycles. The molecule has 1 atom stereocenters. The molecule has 1 aromatic carbocycles. The van der Waals surface area contributed by atoms with Crippen molar-refractivity contribution in [2.75, 3.05) is 32.7 Å². The minimum absolute atomic E-state index is 0.0497. The zero-order chi connectivity index (χ0) is 16.3. The molecule has 1 heterocycles. The lowest BCUT2D eigenvalue weighted by atomic mass is 10.1. The Morgan fingerprint density at radius 3 is 2.32 bits per heavy atom. The van der Waals surface area contributed by atoms with Gasteiger partial charge in [0.25, 0.3) is 5.91 Å². The number of alkyl halides is 3. The molecule has 1 amide bonds. The first-order valence-electron chi connectivity index (χ1n) is 6.80. The molecule has 0 bridgehead atoms. The number of benzene rings is 1. The number of aliphatic hydroxyl groups excluding tert-OH is 1. The predicted molar refractivity (Wildman–Crippen MR) is 70.8 cm³/mol. The molecular formula is C14H16F4N2O2. The number of amides is 1. The van der Waals surface area contributed by atoms with Crippen molar-refractivity contribution >= 4 is 5.91 Å². The van der Waals surface area contributed by atoms with Crippen LogP contribution in [0.3, 0.4) is 0 Å². The van der Waals surface area contributed by atoms with E-state index in [-0.39, 0.29) is 31.7 Å². The van der Waals surface area contributed by atoms with Crippen molar-refractivity contribution in [1.29, 1.82) is 0 Å². The third-order valence-electron chi connectivity index (χ3n) is 3.57. The van der Waals surface area contributed by atoms with Crippen LogP contribution in [0.25, 0.3) is 0 Å². The molecule has 4 nitrogen and oxygen atoms in total. The van der Waals surface area contributed by atoms with E-state index < -0.39 is 30.5 Å². The summed E-state index contributed by atoms with van der Waals surface area (Å²) in [5.41, 5.74) is -0.0497. The number of β-amino-alcohol motifs (C(OH)–C–C–N with tert-alkyl or cyclic N) is 1. The van der Waals surface area contributed by atoms with Gasteiger partial charge in [0.2, 0.25) is 0 Å². The third-order valence-corrected chi connectivity index (χ3v) is 3.57. The Morgan fingerprint density at radius 1 is 1.18 bits per heavy atom. The molecular weight excluding hydrogens is 304 g/mol. The van der Waals surface area contributed by atoms with Gasteiger partial charge < -0.3 is 10.0 Å². The lowest BCUT2D eigenvalue weighted by Gasteiger charge is -2.35. The number of halogens is 4. The Hall–Kier alpha value is -1.67. The lowest BCUT2D eigenvalue weighted by molar-refractivity contribution is -0.208. The minimum Gasteiger partial charge on any atom is -0.382 e. The van der Waals surface area contributed by atoms with E-state index in [1.807, 2.05) is 0 Å². The van der Waals surface area contributed by atoms with Crippen LogP contribution < -0.4 is 0 Å². The maximum atomic E-state index is 13.6. The summed E-state index contributed by atoms with van der Waals surface area (Å²) < 4.78 is 50.4. The molecule has 22 heavy (non-hydrogen) atoms.